The first-order valence-corrected chi connectivity index (χ1v) is 9.26. The Kier molecular flexibility index (Phi) is 3.81. The minimum absolute atomic E-state index is 0.0545. The first kappa shape index (κ1) is 15.9. The summed E-state index contributed by atoms with van der Waals surface area (Å²) in [4.78, 5) is 36.0. The maximum Gasteiger partial charge on any atom is 0.321 e. The standard InChI is InChI=1S/C18H26N2O4/c1-10(24-16(22)14-2-3-14)15(21)19-17(23)20-18-7-11-4-12(8-18)6-13(5-11)9-18/h10-14H,2-9H2,1H3,(H2,19,20,21,23)/t10-,11?,12?,13?,18?/m0/s1. The molecule has 5 aliphatic carbocycles. The first-order valence-electron chi connectivity index (χ1n) is 9.26. The van der Waals surface area contributed by atoms with Crippen molar-refractivity contribution in [1.29, 1.82) is 0 Å². The Labute approximate surface area is 142 Å². The molecular weight excluding hydrogens is 308 g/mol. The van der Waals surface area contributed by atoms with Crippen molar-refractivity contribution >= 4 is 17.9 Å². The Morgan fingerprint density at radius 1 is 1.00 bits per heavy atom. The lowest BCUT2D eigenvalue weighted by molar-refractivity contribution is -0.155. The van der Waals surface area contributed by atoms with E-state index in [0.29, 0.717) is 0 Å². The molecule has 5 saturated carbocycles. The van der Waals surface area contributed by atoms with Crippen LogP contribution in [0.4, 0.5) is 4.79 Å². The van der Waals surface area contributed by atoms with Gasteiger partial charge in [0.2, 0.25) is 0 Å². The molecule has 0 unspecified atom stereocenters. The van der Waals surface area contributed by atoms with E-state index in [-0.39, 0.29) is 17.4 Å². The van der Waals surface area contributed by atoms with E-state index in [9.17, 15) is 14.4 Å². The van der Waals surface area contributed by atoms with Crippen molar-refractivity contribution in [2.24, 2.45) is 23.7 Å². The van der Waals surface area contributed by atoms with Crippen LogP contribution < -0.4 is 10.6 Å². The number of esters is 1. The van der Waals surface area contributed by atoms with Crippen LogP contribution in [0.3, 0.4) is 0 Å². The summed E-state index contributed by atoms with van der Waals surface area (Å²) in [6.07, 6.45) is 7.74. The first-order chi connectivity index (χ1) is 11.4. The molecule has 2 N–H and O–H groups in total. The van der Waals surface area contributed by atoms with E-state index in [1.54, 1.807) is 0 Å². The SMILES string of the molecule is C[C@H](OC(=O)C1CC1)C(=O)NC(=O)NC12CC3CC(CC(C3)C1)C2. The van der Waals surface area contributed by atoms with Crippen molar-refractivity contribution in [3.05, 3.63) is 0 Å². The van der Waals surface area contributed by atoms with E-state index < -0.39 is 18.0 Å². The number of rotatable bonds is 4. The maximum atomic E-state index is 12.3. The van der Waals surface area contributed by atoms with Crippen LogP contribution in [-0.4, -0.2) is 29.6 Å². The monoisotopic (exact) mass is 334 g/mol. The predicted octanol–water partition coefficient (Wildman–Crippen LogP) is 2.12. The van der Waals surface area contributed by atoms with Crippen molar-refractivity contribution in [3.8, 4) is 0 Å². The molecule has 3 amide bonds. The quantitative estimate of drug-likeness (QED) is 0.771. The minimum atomic E-state index is -0.930. The largest absolute Gasteiger partial charge is 0.452 e. The molecule has 0 saturated heterocycles. The molecule has 5 aliphatic rings. The summed E-state index contributed by atoms with van der Waals surface area (Å²) in [7, 11) is 0. The maximum absolute atomic E-state index is 12.3. The van der Waals surface area contributed by atoms with Gasteiger partial charge < -0.3 is 10.1 Å². The minimum Gasteiger partial charge on any atom is -0.452 e. The average molecular weight is 334 g/mol. The van der Waals surface area contributed by atoms with E-state index in [2.05, 4.69) is 10.6 Å². The number of carbonyl (C=O) groups excluding carboxylic acids is 3. The molecular formula is C18H26N2O4. The zero-order valence-corrected chi connectivity index (χ0v) is 14.2. The smallest absolute Gasteiger partial charge is 0.321 e. The van der Waals surface area contributed by atoms with Gasteiger partial charge in [0.15, 0.2) is 6.10 Å². The molecule has 4 bridgehead atoms. The van der Waals surface area contributed by atoms with Gasteiger partial charge in [-0.1, -0.05) is 0 Å². The van der Waals surface area contributed by atoms with Gasteiger partial charge in [0.05, 0.1) is 5.92 Å². The molecule has 132 valence electrons. The van der Waals surface area contributed by atoms with Gasteiger partial charge in [0.1, 0.15) is 0 Å². The molecule has 0 spiro atoms. The Morgan fingerprint density at radius 2 is 1.54 bits per heavy atom. The number of nitrogens with one attached hydrogen (secondary N) is 2. The number of hydrogen-bond acceptors (Lipinski definition) is 4. The van der Waals surface area contributed by atoms with Crippen LogP contribution in [0.25, 0.3) is 0 Å². The summed E-state index contributed by atoms with van der Waals surface area (Å²) >= 11 is 0. The van der Waals surface area contributed by atoms with Gasteiger partial charge in [0, 0.05) is 5.54 Å². The lowest BCUT2D eigenvalue weighted by Gasteiger charge is -2.56. The van der Waals surface area contributed by atoms with Crippen LogP contribution in [-0.2, 0) is 14.3 Å². The van der Waals surface area contributed by atoms with Crippen molar-refractivity contribution in [1.82, 2.24) is 10.6 Å². The Morgan fingerprint density at radius 3 is 2.04 bits per heavy atom. The summed E-state index contributed by atoms with van der Waals surface area (Å²) < 4.78 is 5.10. The highest BCUT2D eigenvalue weighted by atomic mass is 16.5. The van der Waals surface area contributed by atoms with E-state index in [0.717, 1.165) is 49.9 Å². The van der Waals surface area contributed by atoms with Crippen molar-refractivity contribution in [2.75, 3.05) is 0 Å². The van der Waals surface area contributed by atoms with Crippen LogP contribution in [0.2, 0.25) is 0 Å². The number of urea groups is 1. The highest BCUT2D eigenvalue weighted by Crippen LogP contribution is 2.55. The molecule has 6 nitrogen and oxygen atoms in total. The Balaban J connectivity index is 1.30. The third kappa shape index (κ3) is 3.15. The number of ether oxygens (including phenoxy) is 1. The molecule has 0 heterocycles. The van der Waals surface area contributed by atoms with E-state index >= 15 is 0 Å². The second-order valence-electron chi connectivity index (χ2n) is 8.49. The third-order valence-corrected chi connectivity index (χ3v) is 6.23. The normalized spacial score (nSPS) is 37.6. The molecule has 6 heteroatoms. The van der Waals surface area contributed by atoms with Crippen molar-refractivity contribution in [2.45, 2.75) is 69.9 Å². The number of carbonyl (C=O) groups is 3. The molecule has 5 fully saturated rings. The van der Waals surface area contributed by atoms with Gasteiger partial charge in [-0.15, -0.1) is 0 Å². The summed E-state index contributed by atoms with van der Waals surface area (Å²) in [6, 6.07) is -0.448. The van der Waals surface area contributed by atoms with Gasteiger partial charge >= 0.3 is 12.0 Å². The molecule has 0 aromatic rings. The number of imide groups is 1. The Bertz CT molecular complexity index is 534. The highest BCUT2D eigenvalue weighted by molar-refractivity contribution is 5.97. The molecule has 5 rings (SSSR count). The molecule has 0 aromatic heterocycles. The highest BCUT2D eigenvalue weighted by Gasteiger charge is 2.51. The van der Waals surface area contributed by atoms with E-state index in [1.165, 1.54) is 26.2 Å². The lowest BCUT2D eigenvalue weighted by atomic mass is 9.53. The van der Waals surface area contributed by atoms with E-state index in [1.807, 2.05) is 0 Å². The van der Waals surface area contributed by atoms with Crippen LogP contribution in [0.15, 0.2) is 0 Å². The zero-order valence-electron chi connectivity index (χ0n) is 14.2. The van der Waals surface area contributed by atoms with Crippen molar-refractivity contribution in [3.63, 3.8) is 0 Å². The van der Waals surface area contributed by atoms with Gasteiger partial charge in [-0.05, 0) is 76.0 Å². The predicted molar refractivity (Wildman–Crippen MR) is 85.9 cm³/mol. The molecule has 1 atom stereocenters. The summed E-state index contributed by atoms with van der Waals surface area (Å²) in [6.45, 7) is 1.51. The lowest BCUT2D eigenvalue weighted by Crippen LogP contribution is -2.62. The fourth-order valence-corrected chi connectivity index (χ4v) is 5.39. The van der Waals surface area contributed by atoms with Gasteiger partial charge in [0.25, 0.3) is 5.91 Å². The fraction of sp³-hybridized carbons (Fsp3) is 0.833. The summed E-state index contributed by atoms with van der Waals surface area (Å²) in [5.74, 6) is 1.24. The summed E-state index contributed by atoms with van der Waals surface area (Å²) in [5, 5.41) is 5.44. The third-order valence-electron chi connectivity index (χ3n) is 6.23. The van der Waals surface area contributed by atoms with Gasteiger partial charge in [-0.3, -0.25) is 14.9 Å². The van der Waals surface area contributed by atoms with Crippen LogP contribution >= 0.6 is 0 Å². The Hall–Kier alpha value is -1.59. The topological polar surface area (TPSA) is 84.5 Å². The molecule has 0 aliphatic heterocycles. The molecule has 24 heavy (non-hydrogen) atoms. The molecule has 0 aromatic carbocycles. The fourth-order valence-electron chi connectivity index (χ4n) is 5.39. The molecule has 0 radical (unpaired) electrons. The second kappa shape index (κ2) is 5.74. The second-order valence-corrected chi connectivity index (χ2v) is 8.49. The van der Waals surface area contributed by atoms with Crippen LogP contribution in [0.5, 0.6) is 0 Å². The average Bonchev–Trinajstić information content (AvgIpc) is 3.29. The van der Waals surface area contributed by atoms with Gasteiger partial charge in [-0.25, -0.2) is 4.79 Å². The van der Waals surface area contributed by atoms with Crippen LogP contribution in [0, 0.1) is 23.7 Å². The van der Waals surface area contributed by atoms with Gasteiger partial charge in [-0.2, -0.15) is 0 Å². The van der Waals surface area contributed by atoms with Crippen LogP contribution in [0.1, 0.15) is 58.3 Å². The van der Waals surface area contributed by atoms with Crippen molar-refractivity contribution < 1.29 is 19.1 Å². The van der Waals surface area contributed by atoms with E-state index in [4.69, 9.17) is 4.74 Å². The number of amides is 3. The number of hydrogen-bond donors (Lipinski definition) is 2. The zero-order chi connectivity index (χ0) is 16.9. The summed E-state index contributed by atoms with van der Waals surface area (Å²) in [5.41, 5.74) is -0.132.